The van der Waals surface area contributed by atoms with E-state index in [9.17, 15) is 0 Å². The summed E-state index contributed by atoms with van der Waals surface area (Å²) in [7, 11) is 0. The highest BCUT2D eigenvalue weighted by atomic mass is 15.2. The summed E-state index contributed by atoms with van der Waals surface area (Å²) in [6.45, 7) is 6.43. The van der Waals surface area contributed by atoms with E-state index in [1.165, 1.54) is 37.1 Å². The fraction of sp³-hybridized carbons (Fsp3) is 0.350. The van der Waals surface area contributed by atoms with E-state index in [0.717, 1.165) is 12.3 Å². The SMILES string of the molecule is [CH2]CC1CCN(C(c2ccccc2)c2ccccc2)CC1. The molecule has 21 heavy (non-hydrogen) atoms. The van der Waals surface area contributed by atoms with Crippen LogP contribution in [0.3, 0.4) is 0 Å². The summed E-state index contributed by atoms with van der Waals surface area (Å²) in [6.07, 6.45) is 3.63. The van der Waals surface area contributed by atoms with Crippen LogP contribution in [0.4, 0.5) is 0 Å². The van der Waals surface area contributed by atoms with Crippen LogP contribution in [0.2, 0.25) is 0 Å². The van der Waals surface area contributed by atoms with E-state index in [-0.39, 0.29) is 0 Å². The first kappa shape index (κ1) is 14.3. The van der Waals surface area contributed by atoms with Crippen LogP contribution in [0.5, 0.6) is 0 Å². The van der Waals surface area contributed by atoms with Crippen LogP contribution < -0.4 is 0 Å². The molecule has 109 valence electrons. The zero-order chi connectivity index (χ0) is 14.5. The van der Waals surface area contributed by atoms with Gasteiger partial charge in [0.1, 0.15) is 0 Å². The molecule has 0 spiro atoms. The lowest BCUT2D eigenvalue weighted by Gasteiger charge is -2.38. The van der Waals surface area contributed by atoms with Gasteiger partial charge in [0.05, 0.1) is 6.04 Å². The highest BCUT2D eigenvalue weighted by Gasteiger charge is 2.26. The van der Waals surface area contributed by atoms with Crippen LogP contribution >= 0.6 is 0 Å². The maximum absolute atomic E-state index is 4.08. The number of hydrogen-bond donors (Lipinski definition) is 0. The van der Waals surface area contributed by atoms with Crippen LogP contribution in [-0.4, -0.2) is 18.0 Å². The molecule has 0 saturated carbocycles. The molecule has 3 rings (SSSR count). The number of likely N-dealkylation sites (tertiary alicyclic amines) is 1. The Kier molecular flexibility index (Phi) is 4.72. The van der Waals surface area contributed by atoms with Gasteiger partial charge in [-0.2, -0.15) is 0 Å². The summed E-state index contributed by atoms with van der Waals surface area (Å²) >= 11 is 0. The minimum Gasteiger partial charge on any atom is -0.292 e. The number of hydrogen-bond acceptors (Lipinski definition) is 1. The standard InChI is InChI=1S/C20H24N/c1-2-17-13-15-21(16-14-17)20(18-9-5-3-6-10-18)19-11-7-4-8-12-19/h3-12,17,20H,1-2,13-16H2. The van der Waals surface area contributed by atoms with Gasteiger partial charge in [-0.3, -0.25) is 4.90 Å². The minimum atomic E-state index is 0.387. The van der Waals surface area contributed by atoms with Crippen molar-refractivity contribution in [3.05, 3.63) is 78.7 Å². The Hall–Kier alpha value is -1.60. The van der Waals surface area contributed by atoms with Crippen molar-refractivity contribution in [2.24, 2.45) is 5.92 Å². The zero-order valence-corrected chi connectivity index (χ0v) is 12.6. The molecule has 1 aliphatic heterocycles. The predicted molar refractivity (Wildman–Crippen MR) is 89.0 cm³/mol. The molecule has 1 nitrogen and oxygen atoms in total. The second kappa shape index (κ2) is 6.91. The third-order valence-electron chi connectivity index (χ3n) is 4.65. The topological polar surface area (TPSA) is 3.24 Å². The molecule has 1 heterocycles. The van der Waals surface area contributed by atoms with E-state index in [0.29, 0.717) is 6.04 Å². The van der Waals surface area contributed by atoms with E-state index in [2.05, 4.69) is 72.5 Å². The fourth-order valence-corrected chi connectivity index (χ4v) is 3.38. The number of piperidine rings is 1. The number of rotatable bonds is 4. The van der Waals surface area contributed by atoms with Crippen molar-refractivity contribution >= 4 is 0 Å². The largest absolute Gasteiger partial charge is 0.292 e. The lowest BCUT2D eigenvalue weighted by molar-refractivity contribution is 0.152. The smallest absolute Gasteiger partial charge is 0.0601 e. The lowest BCUT2D eigenvalue weighted by Crippen LogP contribution is -2.37. The molecule has 1 saturated heterocycles. The molecule has 0 amide bonds. The zero-order valence-electron chi connectivity index (χ0n) is 12.6. The summed E-state index contributed by atoms with van der Waals surface area (Å²) in [5.41, 5.74) is 2.80. The first-order chi connectivity index (χ1) is 10.4. The summed E-state index contributed by atoms with van der Waals surface area (Å²) < 4.78 is 0. The Morgan fingerprint density at radius 3 is 1.76 bits per heavy atom. The second-order valence-corrected chi connectivity index (χ2v) is 5.99. The Morgan fingerprint density at radius 2 is 1.33 bits per heavy atom. The molecule has 1 aliphatic rings. The van der Waals surface area contributed by atoms with Crippen LogP contribution in [0.25, 0.3) is 0 Å². The van der Waals surface area contributed by atoms with Crippen LogP contribution in [-0.2, 0) is 0 Å². The molecule has 0 bridgehead atoms. The van der Waals surface area contributed by atoms with Crippen molar-refractivity contribution in [1.82, 2.24) is 4.90 Å². The van der Waals surface area contributed by atoms with E-state index in [1.54, 1.807) is 0 Å². The van der Waals surface area contributed by atoms with Gasteiger partial charge in [-0.05, 0) is 43.0 Å². The summed E-state index contributed by atoms with van der Waals surface area (Å²) in [6, 6.07) is 22.2. The van der Waals surface area contributed by atoms with Crippen LogP contribution in [0.1, 0.15) is 36.4 Å². The molecule has 0 atom stereocenters. The normalized spacial score (nSPS) is 17.2. The predicted octanol–water partition coefficient (Wildman–Crippen LogP) is 4.71. The minimum absolute atomic E-state index is 0.387. The van der Waals surface area contributed by atoms with Gasteiger partial charge >= 0.3 is 0 Å². The molecule has 1 fully saturated rings. The summed E-state index contributed by atoms with van der Waals surface area (Å²) in [5.74, 6) is 0.813. The van der Waals surface area contributed by atoms with Crippen LogP contribution in [0.15, 0.2) is 60.7 Å². The molecule has 1 heteroatoms. The molecule has 1 radical (unpaired) electrons. The molecule has 2 aromatic rings. The summed E-state index contributed by atoms with van der Waals surface area (Å²) in [4.78, 5) is 2.64. The monoisotopic (exact) mass is 278 g/mol. The maximum atomic E-state index is 4.08. The Labute approximate surface area is 128 Å². The third-order valence-corrected chi connectivity index (χ3v) is 4.65. The van der Waals surface area contributed by atoms with Crippen molar-refractivity contribution < 1.29 is 0 Å². The molecular formula is C20H24N. The van der Waals surface area contributed by atoms with Gasteiger partial charge in [0.2, 0.25) is 0 Å². The van der Waals surface area contributed by atoms with E-state index in [4.69, 9.17) is 0 Å². The van der Waals surface area contributed by atoms with Crippen molar-refractivity contribution in [2.45, 2.75) is 25.3 Å². The van der Waals surface area contributed by atoms with E-state index >= 15 is 0 Å². The van der Waals surface area contributed by atoms with Crippen molar-refractivity contribution in [2.75, 3.05) is 13.1 Å². The first-order valence-electron chi connectivity index (χ1n) is 8.01. The van der Waals surface area contributed by atoms with E-state index in [1.807, 2.05) is 0 Å². The second-order valence-electron chi connectivity index (χ2n) is 5.99. The lowest BCUT2D eigenvalue weighted by atomic mass is 9.90. The molecule has 0 aliphatic carbocycles. The van der Waals surface area contributed by atoms with Gasteiger partial charge in [-0.15, -0.1) is 0 Å². The van der Waals surface area contributed by atoms with E-state index < -0.39 is 0 Å². The van der Waals surface area contributed by atoms with Crippen LogP contribution in [0, 0.1) is 12.8 Å². The van der Waals surface area contributed by atoms with Gasteiger partial charge in [-0.1, -0.05) is 74.0 Å². The van der Waals surface area contributed by atoms with Crippen molar-refractivity contribution in [1.29, 1.82) is 0 Å². The van der Waals surface area contributed by atoms with Gasteiger partial charge in [0, 0.05) is 0 Å². The van der Waals surface area contributed by atoms with Crippen molar-refractivity contribution in [3.8, 4) is 0 Å². The average molecular weight is 278 g/mol. The number of nitrogens with zero attached hydrogens (tertiary/aromatic N) is 1. The Balaban J connectivity index is 1.87. The first-order valence-corrected chi connectivity index (χ1v) is 8.01. The highest BCUT2D eigenvalue weighted by molar-refractivity contribution is 5.31. The highest BCUT2D eigenvalue weighted by Crippen LogP contribution is 2.32. The quantitative estimate of drug-likeness (QED) is 0.782. The molecule has 0 aromatic heterocycles. The fourth-order valence-electron chi connectivity index (χ4n) is 3.38. The summed E-state index contributed by atoms with van der Waals surface area (Å²) in [5, 5.41) is 0. The van der Waals surface area contributed by atoms with Gasteiger partial charge in [0.25, 0.3) is 0 Å². The molecule has 0 unspecified atom stereocenters. The third kappa shape index (κ3) is 3.36. The van der Waals surface area contributed by atoms with Crippen molar-refractivity contribution in [3.63, 3.8) is 0 Å². The maximum Gasteiger partial charge on any atom is 0.0601 e. The number of benzene rings is 2. The van der Waals surface area contributed by atoms with Gasteiger partial charge in [0.15, 0.2) is 0 Å². The van der Waals surface area contributed by atoms with Gasteiger partial charge in [-0.25, -0.2) is 0 Å². The molecular weight excluding hydrogens is 254 g/mol. The Morgan fingerprint density at radius 1 is 0.857 bits per heavy atom. The van der Waals surface area contributed by atoms with Gasteiger partial charge < -0.3 is 0 Å². The average Bonchev–Trinajstić information content (AvgIpc) is 2.58. The molecule has 0 N–H and O–H groups in total. The molecule has 2 aromatic carbocycles. The Bertz CT molecular complexity index is 487.